The molecule has 5 nitrogen and oxygen atoms in total. The number of anilines is 1. The van der Waals surface area contributed by atoms with Crippen LogP contribution >= 0.6 is 35.3 Å². The van der Waals surface area contributed by atoms with Crippen molar-refractivity contribution in [1.82, 2.24) is 5.32 Å². The first-order chi connectivity index (χ1) is 12.5. The number of thiophene rings is 1. The Labute approximate surface area is 174 Å². The van der Waals surface area contributed by atoms with Gasteiger partial charge in [0.25, 0.3) is 5.91 Å². The third kappa shape index (κ3) is 5.45. The monoisotopic (exact) mass is 427 g/mol. The van der Waals surface area contributed by atoms with E-state index in [0.29, 0.717) is 35.7 Å². The van der Waals surface area contributed by atoms with Gasteiger partial charge in [-0.15, -0.1) is 23.7 Å². The normalized spacial score (nSPS) is 15.5. The quantitative estimate of drug-likeness (QED) is 0.662. The first-order valence-electron chi connectivity index (χ1n) is 8.68. The first kappa shape index (κ1) is 21.7. The standard InChI is InChI=1S/C19H22ClN3O2S.ClH/c20-16-7-6-13(23-18(25)19(21)8-2-1-3-9-19)11-15(16)17(24)22-12-14-5-4-10-26-14;/h4-7,10-11H,1-3,8-9,12,21H2,(H,22,24)(H,23,25);1H. The third-order valence-electron chi connectivity index (χ3n) is 4.67. The van der Waals surface area contributed by atoms with Gasteiger partial charge in [0.05, 0.1) is 22.7 Å². The van der Waals surface area contributed by atoms with Gasteiger partial charge in [-0.25, -0.2) is 0 Å². The van der Waals surface area contributed by atoms with Gasteiger partial charge in [-0.1, -0.05) is 36.9 Å². The van der Waals surface area contributed by atoms with E-state index in [4.69, 9.17) is 17.3 Å². The average Bonchev–Trinajstić information content (AvgIpc) is 3.15. The van der Waals surface area contributed by atoms with Gasteiger partial charge < -0.3 is 16.4 Å². The number of carbonyl (C=O) groups excluding carboxylic acids is 2. The van der Waals surface area contributed by atoms with E-state index in [0.717, 1.165) is 24.1 Å². The molecule has 27 heavy (non-hydrogen) atoms. The topological polar surface area (TPSA) is 84.2 Å². The molecule has 146 valence electrons. The molecular weight excluding hydrogens is 405 g/mol. The molecule has 1 saturated carbocycles. The van der Waals surface area contributed by atoms with Crippen LogP contribution in [0.15, 0.2) is 35.7 Å². The molecule has 1 aromatic heterocycles. The number of carbonyl (C=O) groups is 2. The van der Waals surface area contributed by atoms with Crippen LogP contribution in [0.1, 0.15) is 47.3 Å². The molecule has 2 amide bonds. The van der Waals surface area contributed by atoms with Crippen molar-refractivity contribution in [2.24, 2.45) is 5.73 Å². The van der Waals surface area contributed by atoms with E-state index >= 15 is 0 Å². The molecule has 0 spiro atoms. The van der Waals surface area contributed by atoms with Crippen molar-refractivity contribution in [1.29, 1.82) is 0 Å². The molecule has 1 aliphatic rings. The summed E-state index contributed by atoms with van der Waals surface area (Å²) in [6, 6.07) is 8.78. The number of nitrogens with one attached hydrogen (secondary N) is 2. The Balaban J connectivity index is 0.00000261. The van der Waals surface area contributed by atoms with Crippen LogP contribution in [0.3, 0.4) is 0 Å². The molecule has 0 unspecified atom stereocenters. The zero-order valence-electron chi connectivity index (χ0n) is 14.8. The van der Waals surface area contributed by atoms with Gasteiger partial charge in [0.1, 0.15) is 0 Å². The Morgan fingerprint density at radius 1 is 1.19 bits per heavy atom. The maximum absolute atomic E-state index is 12.6. The van der Waals surface area contributed by atoms with Crippen LogP contribution in [-0.2, 0) is 11.3 Å². The molecule has 0 atom stereocenters. The van der Waals surface area contributed by atoms with Gasteiger partial charge in [0.2, 0.25) is 5.91 Å². The molecular formula is C19H23Cl2N3O2S. The van der Waals surface area contributed by atoms with Gasteiger partial charge in [-0.2, -0.15) is 0 Å². The van der Waals surface area contributed by atoms with E-state index in [2.05, 4.69) is 10.6 Å². The molecule has 1 aliphatic carbocycles. The fourth-order valence-corrected chi connectivity index (χ4v) is 3.97. The number of amides is 2. The van der Waals surface area contributed by atoms with Gasteiger partial charge in [-0.3, -0.25) is 9.59 Å². The molecule has 3 rings (SSSR count). The van der Waals surface area contributed by atoms with Crippen molar-refractivity contribution in [2.75, 3.05) is 5.32 Å². The molecule has 1 fully saturated rings. The van der Waals surface area contributed by atoms with Crippen LogP contribution in [-0.4, -0.2) is 17.4 Å². The lowest BCUT2D eigenvalue weighted by molar-refractivity contribution is -0.122. The Kier molecular flexibility index (Phi) is 7.68. The minimum atomic E-state index is -0.834. The number of hydrogen-bond donors (Lipinski definition) is 3. The number of rotatable bonds is 5. The molecule has 4 N–H and O–H groups in total. The van der Waals surface area contributed by atoms with E-state index in [-0.39, 0.29) is 24.2 Å². The fraction of sp³-hybridized carbons (Fsp3) is 0.368. The summed E-state index contributed by atoms with van der Waals surface area (Å²) in [6.07, 6.45) is 4.39. The highest BCUT2D eigenvalue weighted by molar-refractivity contribution is 7.09. The number of benzene rings is 1. The average molecular weight is 428 g/mol. The van der Waals surface area contributed by atoms with Crippen LogP contribution in [0.4, 0.5) is 5.69 Å². The van der Waals surface area contributed by atoms with Gasteiger partial charge >= 0.3 is 0 Å². The molecule has 0 aliphatic heterocycles. The molecule has 0 bridgehead atoms. The predicted octanol–water partition coefficient (Wildman–Crippen LogP) is 4.35. The van der Waals surface area contributed by atoms with E-state index < -0.39 is 5.54 Å². The summed E-state index contributed by atoms with van der Waals surface area (Å²) in [7, 11) is 0. The van der Waals surface area contributed by atoms with Gasteiger partial charge in [0, 0.05) is 10.6 Å². The summed E-state index contributed by atoms with van der Waals surface area (Å²) in [5, 5.41) is 7.98. The molecule has 1 heterocycles. The number of halogens is 2. The van der Waals surface area contributed by atoms with Crippen LogP contribution < -0.4 is 16.4 Å². The van der Waals surface area contributed by atoms with E-state index in [1.54, 1.807) is 29.5 Å². The Hall–Kier alpha value is -1.60. The maximum Gasteiger partial charge on any atom is 0.253 e. The lowest BCUT2D eigenvalue weighted by Crippen LogP contribution is -2.52. The molecule has 2 aromatic rings. The maximum atomic E-state index is 12.6. The lowest BCUT2D eigenvalue weighted by Gasteiger charge is -2.31. The highest BCUT2D eigenvalue weighted by Crippen LogP contribution is 2.28. The van der Waals surface area contributed by atoms with Crippen LogP contribution in [0, 0.1) is 0 Å². The third-order valence-corrected chi connectivity index (χ3v) is 5.88. The fourth-order valence-electron chi connectivity index (χ4n) is 3.12. The second-order valence-electron chi connectivity index (χ2n) is 6.63. The Morgan fingerprint density at radius 3 is 2.59 bits per heavy atom. The van der Waals surface area contributed by atoms with Crippen molar-refractivity contribution in [2.45, 2.75) is 44.2 Å². The molecule has 0 saturated heterocycles. The number of nitrogens with two attached hydrogens (primary N) is 1. The van der Waals surface area contributed by atoms with Crippen molar-refractivity contribution >= 4 is 52.8 Å². The predicted molar refractivity (Wildman–Crippen MR) is 113 cm³/mol. The highest BCUT2D eigenvalue weighted by atomic mass is 35.5. The van der Waals surface area contributed by atoms with E-state index in [1.165, 1.54) is 0 Å². The van der Waals surface area contributed by atoms with Crippen molar-refractivity contribution < 1.29 is 9.59 Å². The summed E-state index contributed by atoms with van der Waals surface area (Å²) in [4.78, 5) is 26.1. The minimum Gasteiger partial charge on any atom is -0.347 e. The zero-order valence-corrected chi connectivity index (χ0v) is 17.2. The van der Waals surface area contributed by atoms with Gasteiger partial charge in [-0.05, 0) is 42.5 Å². The SMILES string of the molecule is Cl.NC1(C(=O)Nc2ccc(Cl)c(C(=O)NCc3cccs3)c2)CCCCC1. The number of hydrogen-bond acceptors (Lipinski definition) is 4. The summed E-state index contributed by atoms with van der Waals surface area (Å²) < 4.78 is 0. The van der Waals surface area contributed by atoms with E-state index in [9.17, 15) is 9.59 Å². The minimum absolute atomic E-state index is 0. The van der Waals surface area contributed by atoms with Crippen LogP contribution in [0.5, 0.6) is 0 Å². The van der Waals surface area contributed by atoms with Crippen molar-refractivity contribution in [3.05, 3.63) is 51.2 Å². The summed E-state index contributed by atoms with van der Waals surface area (Å²) in [5.41, 5.74) is 6.28. The van der Waals surface area contributed by atoms with Crippen LogP contribution in [0.25, 0.3) is 0 Å². The largest absolute Gasteiger partial charge is 0.347 e. The highest BCUT2D eigenvalue weighted by Gasteiger charge is 2.35. The molecule has 0 radical (unpaired) electrons. The zero-order chi connectivity index (χ0) is 18.6. The van der Waals surface area contributed by atoms with E-state index in [1.807, 2.05) is 17.5 Å². The summed E-state index contributed by atoms with van der Waals surface area (Å²) in [5.74, 6) is -0.482. The Bertz CT molecular complexity index is 790. The second-order valence-corrected chi connectivity index (χ2v) is 8.07. The summed E-state index contributed by atoms with van der Waals surface area (Å²) in [6.45, 7) is 0.440. The van der Waals surface area contributed by atoms with Crippen molar-refractivity contribution in [3.8, 4) is 0 Å². The van der Waals surface area contributed by atoms with Gasteiger partial charge in [0.15, 0.2) is 0 Å². The first-order valence-corrected chi connectivity index (χ1v) is 9.94. The molecule has 1 aromatic carbocycles. The van der Waals surface area contributed by atoms with Crippen molar-refractivity contribution in [3.63, 3.8) is 0 Å². The summed E-state index contributed by atoms with van der Waals surface area (Å²) >= 11 is 7.74. The van der Waals surface area contributed by atoms with Crippen LogP contribution in [0.2, 0.25) is 5.02 Å². The molecule has 8 heteroatoms. The Morgan fingerprint density at radius 2 is 1.93 bits per heavy atom. The smallest absolute Gasteiger partial charge is 0.253 e. The lowest BCUT2D eigenvalue weighted by atomic mass is 9.82. The second kappa shape index (κ2) is 9.55.